The lowest BCUT2D eigenvalue weighted by Crippen LogP contribution is -2.10. The van der Waals surface area contributed by atoms with E-state index in [0.29, 0.717) is 11.5 Å². The van der Waals surface area contributed by atoms with Gasteiger partial charge in [-0.05, 0) is 30.3 Å². The highest BCUT2D eigenvalue weighted by molar-refractivity contribution is 9.10. The smallest absolute Gasteiger partial charge is 0.141 e. The van der Waals surface area contributed by atoms with Gasteiger partial charge in [-0.1, -0.05) is 28.1 Å². The molecule has 0 radical (unpaired) electrons. The minimum Gasteiger partial charge on any atom is -0.497 e. The molecule has 4 nitrogen and oxygen atoms in total. The molecule has 0 saturated carbocycles. The maximum atomic E-state index is 9.48. The van der Waals surface area contributed by atoms with Gasteiger partial charge in [0.15, 0.2) is 0 Å². The van der Waals surface area contributed by atoms with Crippen molar-refractivity contribution in [3.05, 3.63) is 52.5 Å². The summed E-state index contributed by atoms with van der Waals surface area (Å²) in [5, 5.41) is 12.7. The first-order valence-corrected chi connectivity index (χ1v) is 7.11. The Bertz CT molecular complexity index is 668. The summed E-state index contributed by atoms with van der Waals surface area (Å²) in [4.78, 5) is 0. The molecule has 0 spiro atoms. The average molecular weight is 347 g/mol. The molecular formula is C16H15BrN2O2. The van der Waals surface area contributed by atoms with Crippen molar-refractivity contribution < 1.29 is 9.47 Å². The number of hydrogen-bond donors (Lipinski definition) is 1. The number of rotatable bonds is 5. The van der Waals surface area contributed by atoms with Gasteiger partial charge in [0.1, 0.15) is 17.5 Å². The largest absolute Gasteiger partial charge is 0.497 e. The lowest BCUT2D eigenvalue weighted by atomic mass is 10.1. The van der Waals surface area contributed by atoms with Crippen LogP contribution in [0.3, 0.4) is 0 Å². The Morgan fingerprint density at radius 2 is 1.90 bits per heavy atom. The molecule has 0 aliphatic carbocycles. The number of hydrogen-bond acceptors (Lipinski definition) is 4. The first-order chi connectivity index (χ1) is 10.2. The zero-order valence-corrected chi connectivity index (χ0v) is 13.3. The summed E-state index contributed by atoms with van der Waals surface area (Å²) in [5.41, 5.74) is 1.57. The molecule has 1 N–H and O–H groups in total. The summed E-state index contributed by atoms with van der Waals surface area (Å²) in [7, 11) is 3.20. The fourth-order valence-electron chi connectivity index (χ4n) is 1.97. The van der Waals surface area contributed by atoms with E-state index < -0.39 is 6.04 Å². The Hall–Kier alpha value is -2.19. The van der Waals surface area contributed by atoms with Crippen LogP contribution in [0, 0.1) is 11.3 Å². The van der Waals surface area contributed by atoms with Crippen LogP contribution in [-0.4, -0.2) is 14.2 Å². The lowest BCUT2D eigenvalue weighted by molar-refractivity contribution is 0.414. The number of nitrogens with one attached hydrogen (secondary N) is 1. The lowest BCUT2D eigenvalue weighted by Gasteiger charge is -2.17. The van der Waals surface area contributed by atoms with Gasteiger partial charge in [0.05, 0.1) is 26.0 Å². The van der Waals surface area contributed by atoms with E-state index in [1.54, 1.807) is 14.2 Å². The molecule has 1 unspecified atom stereocenters. The molecule has 21 heavy (non-hydrogen) atoms. The van der Waals surface area contributed by atoms with Crippen molar-refractivity contribution in [2.75, 3.05) is 19.5 Å². The number of para-hydroxylation sites is 2. The quantitative estimate of drug-likeness (QED) is 0.883. The normalized spacial score (nSPS) is 11.3. The van der Waals surface area contributed by atoms with Gasteiger partial charge in [0, 0.05) is 10.0 Å². The van der Waals surface area contributed by atoms with Crippen molar-refractivity contribution >= 4 is 21.6 Å². The second-order valence-corrected chi connectivity index (χ2v) is 5.15. The van der Waals surface area contributed by atoms with E-state index in [4.69, 9.17) is 9.47 Å². The molecule has 0 aromatic heterocycles. The number of ether oxygens (including phenoxy) is 2. The minimum absolute atomic E-state index is 0.522. The molecule has 2 rings (SSSR count). The molecule has 0 aliphatic rings. The van der Waals surface area contributed by atoms with Crippen molar-refractivity contribution in [3.8, 4) is 17.6 Å². The van der Waals surface area contributed by atoms with E-state index in [9.17, 15) is 5.26 Å². The Morgan fingerprint density at radius 3 is 2.57 bits per heavy atom. The summed E-state index contributed by atoms with van der Waals surface area (Å²) in [6.07, 6.45) is 0. The van der Waals surface area contributed by atoms with Crippen LogP contribution in [0.15, 0.2) is 46.9 Å². The maximum Gasteiger partial charge on any atom is 0.141 e. The predicted octanol–water partition coefficient (Wildman–Crippen LogP) is 4.14. The van der Waals surface area contributed by atoms with E-state index in [-0.39, 0.29) is 0 Å². The van der Waals surface area contributed by atoms with Crippen molar-refractivity contribution in [2.45, 2.75) is 6.04 Å². The highest BCUT2D eigenvalue weighted by Crippen LogP contribution is 2.32. The molecule has 108 valence electrons. The van der Waals surface area contributed by atoms with Crippen LogP contribution in [-0.2, 0) is 0 Å². The van der Waals surface area contributed by atoms with Crippen molar-refractivity contribution in [1.29, 1.82) is 5.26 Å². The van der Waals surface area contributed by atoms with Crippen LogP contribution >= 0.6 is 15.9 Å². The molecule has 0 amide bonds. The van der Waals surface area contributed by atoms with Gasteiger partial charge in [-0.25, -0.2) is 0 Å². The molecule has 2 aromatic carbocycles. The average Bonchev–Trinajstić information content (AvgIpc) is 2.53. The van der Waals surface area contributed by atoms with E-state index in [0.717, 1.165) is 15.7 Å². The van der Waals surface area contributed by atoms with Crippen molar-refractivity contribution in [1.82, 2.24) is 0 Å². The van der Waals surface area contributed by atoms with Crippen LogP contribution in [0.25, 0.3) is 0 Å². The fraction of sp³-hybridized carbons (Fsp3) is 0.188. The molecule has 0 fully saturated rings. The Morgan fingerprint density at radius 1 is 1.14 bits per heavy atom. The second-order valence-electron chi connectivity index (χ2n) is 4.29. The molecule has 2 aromatic rings. The highest BCUT2D eigenvalue weighted by atomic mass is 79.9. The molecular weight excluding hydrogens is 332 g/mol. The first-order valence-electron chi connectivity index (χ1n) is 6.32. The molecule has 0 aliphatic heterocycles. The van der Waals surface area contributed by atoms with Gasteiger partial charge in [-0.15, -0.1) is 0 Å². The van der Waals surface area contributed by atoms with Gasteiger partial charge < -0.3 is 14.8 Å². The number of methoxy groups -OCH3 is 2. The number of halogens is 1. The Kier molecular flexibility index (Phi) is 5.07. The van der Waals surface area contributed by atoms with Gasteiger partial charge in [0.2, 0.25) is 0 Å². The SMILES string of the molecule is COc1ccc(Br)c(C(C#N)Nc2ccccc2OC)c1. The number of benzene rings is 2. The predicted molar refractivity (Wildman–Crippen MR) is 85.7 cm³/mol. The molecule has 1 atom stereocenters. The first kappa shape index (κ1) is 15.2. The van der Waals surface area contributed by atoms with E-state index in [2.05, 4.69) is 27.3 Å². The third kappa shape index (κ3) is 3.47. The number of nitrogens with zero attached hydrogens (tertiary/aromatic N) is 1. The third-order valence-corrected chi connectivity index (χ3v) is 3.77. The molecule has 0 saturated heterocycles. The van der Waals surface area contributed by atoms with E-state index in [1.807, 2.05) is 42.5 Å². The van der Waals surface area contributed by atoms with Gasteiger partial charge in [0.25, 0.3) is 0 Å². The summed E-state index contributed by atoms with van der Waals surface area (Å²) in [6.45, 7) is 0. The standard InChI is InChI=1S/C16H15BrN2O2/c1-20-11-7-8-13(17)12(9-11)15(10-18)19-14-5-3-4-6-16(14)21-2/h3-9,15,19H,1-2H3. The molecule has 0 bridgehead atoms. The third-order valence-electron chi connectivity index (χ3n) is 3.05. The Balaban J connectivity index is 2.35. The zero-order chi connectivity index (χ0) is 15.2. The van der Waals surface area contributed by atoms with Gasteiger partial charge >= 0.3 is 0 Å². The highest BCUT2D eigenvalue weighted by Gasteiger charge is 2.16. The van der Waals surface area contributed by atoms with Gasteiger partial charge in [-0.2, -0.15) is 5.26 Å². The monoisotopic (exact) mass is 346 g/mol. The summed E-state index contributed by atoms with van der Waals surface area (Å²) < 4.78 is 11.4. The van der Waals surface area contributed by atoms with E-state index in [1.165, 1.54) is 0 Å². The second kappa shape index (κ2) is 7.00. The van der Waals surface area contributed by atoms with Crippen molar-refractivity contribution in [2.24, 2.45) is 0 Å². The van der Waals surface area contributed by atoms with Crippen LogP contribution in [0.2, 0.25) is 0 Å². The summed E-state index contributed by atoms with van der Waals surface area (Å²) >= 11 is 3.47. The molecule has 0 heterocycles. The van der Waals surface area contributed by atoms with Crippen molar-refractivity contribution in [3.63, 3.8) is 0 Å². The van der Waals surface area contributed by atoms with Crippen LogP contribution in [0.5, 0.6) is 11.5 Å². The number of anilines is 1. The minimum atomic E-state index is -0.522. The topological polar surface area (TPSA) is 54.3 Å². The van der Waals surface area contributed by atoms with E-state index >= 15 is 0 Å². The maximum absolute atomic E-state index is 9.48. The van der Waals surface area contributed by atoms with Crippen LogP contribution in [0.1, 0.15) is 11.6 Å². The molecule has 5 heteroatoms. The fourth-order valence-corrected chi connectivity index (χ4v) is 2.44. The van der Waals surface area contributed by atoms with Crippen LogP contribution < -0.4 is 14.8 Å². The summed E-state index contributed by atoms with van der Waals surface area (Å²) in [6, 6.07) is 14.8. The number of nitriles is 1. The Labute approximate surface area is 132 Å². The summed E-state index contributed by atoms with van der Waals surface area (Å²) in [5.74, 6) is 1.40. The van der Waals surface area contributed by atoms with Gasteiger partial charge in [-0.3, -0.25) is 0 Å². The van der Waals surface area contributed by atoms with Crippen LogP contribution in [0.4, 0.5) is 5.69 Å². The zero-order valence-electron chi connectivity index (χ0n) is 11.8.